The SMILES string of the molecule is C=C(C)COCCNC(CN)C(CC)CC. The van der Waals surface area contributed by atoms with Crippen molar-refractivity contribution in [2.24, 2.45) is 11.7 Å². The van der Waals surface area contributed by atoms with E-state index in [0.29, 0.717) is 25.1 Å². The molecule has 96 valence electrons. The zero-order valence-corrected chi connectivity index (χ0v) is 11.1. The zero-order chi connectivity index (χ0) is 12.4. The summed E-state index contributed by atoms with van der Waals surface area (Å²) >= 11 is 0. The van der Waals surface area contributed by atoms with Gasteiger partial charge in [-0.25, -0.2) is 0 Å². The molecule has 16 heavy (non-hydrogen) atoms. The first-order chi connectivity index (χ1) is 7.65. The Bertz CT molecular complexity index is 179. The molecule has 0 saturated carbocycles. The highest BCUT2D eigenvalue weighted by molar-refractivity contribution is 4.87. The average molecular weight is 228 g/mol. The first-order valence-electron chi connectivity index (χ1n) is 6.31. The van der Waals surface area contributed by atoms with Crippen molar-refractivity contribution in [3.05, 3.63) is 12.2 Å². The molecule has 0 saturated heterocycles. The van der Waals surface area contributed by atoms with Crippen LogP contribution in [0.3, 0.4) is 0 Å². The van der Waals surface area contributed by atoms with E-state index in [1.54, 1.807) is 0 Å². The highest BCUT2D eigenvalue weighted by Gasteiger charge is 2.15. The Balaban J connectivity index is 3.66. The van der Waals surface area contributed by atoms with Crippen molar-refractivity contribution >= 4 is 0 Å². The Morgan fingerprint density at radius 3 is 2.44 bits per heavy atom. The maximum atomic E-state index is 5.77. The van der Waals surface area contributed by atoms with Crippen molar-refractivity contribution in [3.63, 3.8) is 0 Å². The van der Waals surface area contributed by atoms with E-state index in [1.807, 2.05) is 6.92 Å². The molecular weight excluding hydrogens is 200 g/mol. The lowest BCUT2D eigenvalue weighted by Crippen LogP contribution is -2.43. The lowest BCUT2D eigenvalue weighted by Gasteiger charge is -2.25. The number of rotatable bonds is 10. The van der Waals surface area contributed by atoms with Crippen molar-refractivity contribution in [1.29, 1.82) is 0 Å². The summed E-state index contributed by atoms with van der Waals surface area (Å²) < 4.78 is 5.43. The summed E-state index contributed by atoms with van der Waals surface area (Å²) in [5, 5.41) is 3.47. The van der Waals surface area contributed by atoms with E-state index in [1.165, 1.54) is 12.8 Å². The summed E-state index contributed by atoms with van der Waals surface area (Å²) in [6.45, 7) is 13.1. The second kappa shape index (κ2) is 9.82. The van der Waals surface area contributed by atoms with E-state index in [-0.39, 0.29) is 0 Å². The number of hydrogen-bond donors (Lipinski definition) is 2. The van der Waals surface area contributed by atoms with Gasteiger partial charge in [-0.3, -0.25) is 0 Å². The summed E-state index contributed by atoms with van der Waals surface area (Å²) in [7, 11) is 0. The molecule has 0 aliphatic carbocycles. The van der Waals surface area contributed by atoms with Gasteiger partial charge in [-0.15, -0.1) is 0 Å². The van der Waals surface area contributed by atoms with Gasteiger partial charge in [-0.05, 0) is 12.8 Å². The van der Waals surface area contributed by atoms with E-state index >= 15 is 0 Å². The maximum absolute atomic E-state index is 5.77. The van der Waals surface area contributed by atoms with Gasteiger partial charge >= 0.3 is 0 Å². The molecule has 0 aliphatic heterocycles. The topological polar surface area (TPSA) is 47.3 Å². The monoisotopic (exact) mass is 228 g/mol. The van der Waals surface area contributed by atoms with Crippen LogP contribution >= 0.6 is 0 Å². The highest BCUT2D eigenvalue weighted by Crippen LogP contribution is 2.11. The fourth-order valence-corrected chi connectivity index (χ4v) is 1.86. The van der Waals surface area contributed by atoms with Crippen LogP contribution in [0, 0.1) is 5.92 Å². The Morgan fingerprint density at radius 2 is 2.00 bits per heavy atom. The Labute approximate surface area is 100 Å². The number of hydrogen-bond acceptors (Lipinski definition) is 3. The molecule has 3 heteroatoms. The molecular formula is C13H28N2O. The zero-order valence-electron chi connectivity index (χ0n) is 11.1. The third-order valence-electron chi connectivity index (χ3n) is 2.87. The lowest BCUT2D eigenvalue weighted by atomic mass is 9.94. The molecule has 1 unspecified atom stereocenters. The predicted molar refractivity (Wildman–Crippen MR) is 70.6 cm³/mol. The summed E-state index contributed by atoms with van der Waals surface area (Å²) in [5.74, 6) is 0.672. The minimum atomic E-state index is 0.420. The van der Waals surface area contributed by atoms with E-state index in [9.17, 15) is 0 Å². The van der Waals surface area contributed by atoms with Crippen LogP contribution in [0.1, 0.15) is 33.6 Å². The molecule has 0 aromatic carbocycles. The largest absolute Gasteiger partial charge is 0.376 e. The van der Waals surface area contributed by atoms with E-state index in [0.717, 1.165) is 18.7 Å². The van der Waals surface area contributed by atoms with E-state index in [2.05, 4.69) is 25.7 Å². The highest BCUT2D eigenvalue weighted by atomic mass is 16.5. The molecule has 0 aromatic rings. The fraction of sp³-hybridized carbons (Fsp3) is 0.846. The third kappa shape index (κ3) is 6.99. The molecule has 0 fully saturated rings. The molecule has 0 aliphatic rings. The minimum Gasteiger partial charge on any atom is -0.376 e. The van der Waals surface area contributed by atoms with Crippen molar-refractivity contribution in [2.45, 2.75) is 39.7 Å². The second-order valence-corrected chi connectivity index (χ2v) is 4.38. The second-order valence-electron chi connectivity index (χ2n) is 4.38. The molecule has 0 bridgehead atoms. The molecule has 0 radical (unpaired) electrons. The van der Waals surface area contributed by atoms with Gasteiger partial charge in [0, 0.05) is 19.1 Å². The van der Waals surface area contributed by atoms with Crippen LogP contribution in [-0.2, 0) is 4.74 Å². The summed E-state index contributed by atoms with van der Waals surface area (Å²) in [6.07, 6.45) is 2.36. The summed E-state index contributed by atoms with van der Waals surface area (Å²) in [6, 6.07) is 0.420. The van der Waals surface area contributed by atoms with Crippen LogP contribution in [0.15, 0.2) is 12.2 Å². The Morgan fingerprint density at radius 1 is 1.38 bits per heavy atom. The van der Waals surface area contributed by atoms with Crippen LogP contribution in [0.5, 0.6) is 0 Å². The van der Waals surface area contributed by atoms with Crippen molar-refractivity contribution in [1.82, 2.24) is 5.32 Å². The molecule has 0 rings (SSSR count). The van der Waals surface area contributed by atoms with Crippen molar-refractivity contribution in [3.8, 4) is 0 Å². The standard InChI is InChI=1S/C13H28N2O/c1-5-12(6-2)13(9-14)15-7-8-16-10-11(3)4/h12-13,15H,3,5-10,14H2,1-2,4H3. The van der Waals surface area contributed by atoms with Gasteiger partial charge in [0.15, 0.2) is 0 Å². The van der Waals surface area contributed by atoms with Gasteiger partial charge in [-0.2, -0.15) is 0 Å². The molecule has 3 nitrogen and oxygen atoms in total. The smallest absolute Gasteiger partial charge is 0.0672 e. The minimum absolute atomic E-state index is 0.420. The molecule has 1 atom stereocenters. The Kier molecular flexibility index (Phi) is 9.59. The van der Waals surface area contributed by atoms with Crippen LogP contribution in [0.2, 0.25) is 0 Å². The van der Waals surface area contributed by atoms with Crippen LogP contribution in [0.4, 0.5) is 0 Å². The van der Waals surface area contributed by atoms with Gasteiger partial charge in [0.2, 0.25) is 0 Å². The number of nitrogens with one attached hydrogen (secondary N) is 1. The fourth-order valence-electron chi connectivity index (χ4n) is 1.86. The average Bonchev–Trinajstić information content (AvgIpc) is 2.27. The van der Waals surface area contributed by atoms with Crippen molar-refractivity contribution < 1.29 is 4.74 Å². The van der Waals surface area contributed by atoms with Crippen LogP contribution < -0.4 is 11.1 Å². The van der Waals surface area contributed by atoms with Crippen LogP contribution in [-0.4, -0.2) is 32.3 Å². The van der Waals surface area contributed by atoms with Crippen molar-refractivity contribution in [2.75, 3.05) is 26.3 Å². The van der Waals surface area contributed by atoms with Gasteiger partial charge in [0.25, 0.3) is 0 Å². The van der Waals surface area contributed by atoms with Gasteiger partial charge in [0.05, 0.1) is 13.2 Å². The maximum Gasteiger partial charge on any atom is 0.0672 e. The molecule has 0 aromatic heterocycles. The number of ether oxygens (including phenoxy) is 1. The van der Waals surface area contributed by atoms with E-state index < -0.39 is 0 Å². The lowest BCUT2D eigenvalue weighted by molar-refractivity contribution is 0.152. The molecule has 0 heterocycles. The van der Waals surface area contributed by atoms with Crippen LogP contribution in [0.25, 0.3) is 0 Å². The molecule has 0 amide bonds. The molecule has 0 spiro atoms. The number of nitrogens with two attached hydrogens (primary N) is 1. The molecule has 3 N–H and O–H groups in total. The first kappa shape index (κ1) is 15.6. The Hall–Kier alpha value is -0.380. The van der Waals surface area contributed by atoms with Gasteiger partial charge < -0.3 is 15.8 Å². The normalized spacial score (nSPS) is 13.1. The quantitative estimate of drug-likeness (QED) is 0.444. The third-order valence-corrected chi connectivity index (χ3v) is 2.87. The summed E-state index contributed by atoms with van der Waals surface area (Å²) in [5.41, 5.74) is 6.84. The van der Waals surface area contributed by atoms with E-state index in [4.69, 9.17) is 10.5 Å². The van der Waals surface area contributed by atoms with Gasteiger partial charge in [-0.1, -0.05) is 38.8 Å². The summed E-state index contributed by atoms with van der Waals surface area (Å²) in [4.78, 5) is 0. The van der Waals surface area contributed by atoms with Gasteiger partial charge in [0.1, 0.15) is 0 Å². The first-order valence-corrected chi connectivity index (χ1v) is 6.31. The predicted octanol–water partition coefficient (Wildman–Crippen LogP) is 1.93.